The summed E-state index contributed by atoms with van der Waals surface area (Å²) >= 11 is 0. The molecule has 0 aliphatic carbocycles. The van der Waals surface area contributed by atoms with Crippen LogP contribution in [0.1, 0.15) is 10.4 Å². The summed E-state index contributed by atoms with van der Waals surface area (Å²) in [4.78, 5) is 20.0. The third kappa shape index (κ3) is 2.69. The van der Waals surface area contributed by atoms with Crippen LogP contribution >= 0.6 is 0 Å². The average Bonchev–Trinajstić information content (AvgIpc) is 2.81. The number of carbonyl (C=O) groups excluding carboxylic acids is 1. The van der Waals surface area contributed by atoms with Gasteiger partial charge in [-0.2, -0.15) is 0 Å². The minimum absolute atomic E-state index is 0.328. The highest BCUT2D eigenvalue weighted by Crippen LogP contribution is 2.28. The van der Waals surface area contributed by atoms with Crippen molar-refractivity contribution in [1.82, 2.24) is 4.57 Å². The Bertz CT molecular complexity index is 825. The third-order valence-corrected chi connectivity index (χ3v) is 3.26. The van der Waals surface area contributed by atoms with Gasteiger partial charge in [0.15, 0.2) is 0 Å². The summed E-state index contributed by atoms with van der Waals surface area (Å²) in [5.74, 6) is -0.889. The molecule has 0 atom stereocenters. The molecular weight excluding hydrogens is 266 g/mol. The lowest BCUT2D eigenvalue weighted by atomic mass is 10.1. The first-order chi connectivity index (χ1) is 10.1. The Kier molecular flexibility index (Phi) is 4.18. The van der Waals surface area contributed by atoms with Gasteiger partial charge in [-0.15, -0.1) is 0 Å². The number of rotatable bonds is 2. The zero-order valence-corrected chi connectivity index (χ0v) is 11.6. The Morgan fingerprint density at radius 3 is 2.38 bits per heavy atom. The van der Waals surface area contributed by atoms with Gasteiger partial charge in [0.05, 0.1) is 5.56 Å². The van der Waals surface area contributed by atoms with Crippen LogP contribution in [-0.2, 0) is 11.8 Å². The number of benzene rings is 2. The van der Waals surface area contributed by atoms with E-state index >= 15 is 0 Å². The number of allylic oxidation sites excluding steroid dienone is 1. The molecule has 21 heavy (non-hydrogen) atoms. The van der Waals surface area contributed by atoms with E-state index in [1.807, 2.05) is 37.4 Å². The first kappa shape index (κ1) is 14.5. The van der Waals surface area contributed by atoms with Crippen LogP contribution in [0.2, 0.25) is 0 Å². The molecule has 106 valence electrons. The summed E-state index contributed by atoms with van der Waals surface area (Å²) < 4.78 is 2.08. The third-order valence-electron chi connectivity index (χ3n) is 3.26. The fourth-order valence-electron chi connectivity index (χ4n) is 2.30. The highest BCUT2D eigenvalue weighted by Gasteiger charge is 2.10. The molecule has 0 unspecified atom stereocenters. The first-order valence-corrected chi connectivity index (χ1v) is 6.36. The molecule has 0 aliphatic heterocycles. The van der Waals surface area contributed by atoms with E-state index in [1.165, 1.54) is 6.08 Å². The van der Waals surface area contributed by atoms with Crippen molar-refractivity contribution in [2.24, 2.45) is 7.05 Å². The zero-order chi connectivity index (χ0) is 15.4. The summed E-state index contributed by atoms with van der Waals surface area (Å²) in [5.41, 5.74) is 2.50. The first-order valence-electron chi connectivity index (χ1n) is 6.36. The molecule has 1 N–H and O–H groups in total. The molecule has 0 saturated carbocycles. The number of aromatic nitrogens is 1. The maximum absolute atomic E-state index is 11.0. The molecule has 3 rings (SSSR count). The molecule has 0 spiro atoms. The van der Waals surface area contributed by atoms with Crippen LogP contribution in [0, 0.1) is 0 Å². The lowest BCUT2D eigenvalue weighted by molar-refractivity contribution is -0.104. The number of nitrogens with zero attached hydrogens (tertiary/aromatic N) is 1. The monoisotopic (exact) mass is 281 g/mol. The maximum Gasteiger partial charge on any atom is 0.335 e. The minimum atomic E-state index is -0.889. The Hall–Kier alpha value is -2.88. The van der Waals surface area contributed by atoms with E-state index in [-0.39, 0.29) is 0 Å². The van der Waals surface area contributed by atoms with Gasteiger partial charge in [0, 0.05) is 28.9 Å². The number of fused-ring (bicyclic) bond motifs is 3. The maximum atomic E-state index is 11.0. The summed E-state index contributed by atoms with van der Waals surface area (Å²) in [6, 6.07) is 13.2. The average molecular weight is 281 g/mol. The van der Waals surface area contributed by atoms with Crippen molar-refractivity contribution >= 4 is 34.1 Å². The molecule has 4 heteroatoms. The topological polar surface area (TPSA) is 59.3 Å². The Morgan fingerprint density at radius 1 is 1.14 bits per heavy atom. The predicted molar refractivity (Wildman–Crippen MR) is 83.6 cm³/mol. The van der Waals surface area contributed by atoms with Gasteiger partial charge in [-0.1, -0.05) is 24.8 Å². The van der Waals surface area contributed by atoms with Gasteiger partial charge in [0.2, 0.25) is 0 Å². The number of aldehydes is 1. The van der Waals surface area contributed by atoms with E-state index in [0.29, 0.717) is 11.8 Å². The van der Waals surface area contributed by atoms with Crippen molar-refractivity contribution in [3.63, 3.8) is 0 Å². The van der Waals surface area contributed by atoms with Crippen LogP contribution in [-0.4, -0.2) is 21.9 Å². The summed E-state index contributed by atoms with van der Waals surface area (Å²) in [5, 5.41) is 11.1. The minimum Gasteiger partial charge on any atom is -0.478 e. The molecule has 0 bridgehead atoms. The Labute approximate surface area is 121 Å². The zero-order valence-electron chi connectivity index (χ0n) is 11.6. The summed E-state index contributed by atoms with van der Waals surface area (Å²) in [7, 11) is 1.99. The molecule has 0 amide bonds. The number of carbonyl (C=O) groups is 2. The van der Waals surface area contributed by atoms with Gasteiger partial charge >= 0.3 is 5.97 Å². The number of hydrogen-bond acceptors (Lipinski definition) is 2. The highest BCUT2D eigenvalue weighted by atomic mass is 16.4. The predicted octanol–water partition coefficient (Wildman–Crippen LogP) is 3.40. The Balaban J connectivity index is 0.000000361. The number of carboxylic acids is 1. The van der Waals surface area contributed by atoms with Crippen molar-refractivity contribution in [1.29, 1.82) is 0 Å². The van der Waals surface area contributed by atoms with Gasteiger partial charge in [-0.25, -0.2) is 4.79 Å². The van der Waals surface area contributed by atoms with E-state index in [4.69, 9.17) is 9.90 Å². The molecule has 0 fully saturated rings. The van der Waals surface area contributed by atoms with Crippen LogP contribution in [0.3, 0.4) is 0 Å². The molecule has 0 radical (unpaired) electrons. The van der Waals surface area contributed by atoms with Gasteiger partial charge in [0.25, 0.3) is 0 Å². The van der Waals surface area contributed by atoms with Gasteiger partial charge < -0.3 is 9.67 Å². The molecule has 0 aliphatic rings. The standard InChI is InChI=1S/C14H11NO2.C3H4O/c1-15-12-5-3-2-4-10(12)11-8-9(14(16)17)6-7-13(11)15;1-2-3-4/h2-8H,1H3,(H,16,17);2-3H,1H2. The van der Waals surface area contributed by atoms with Crippen molar-refractivity contribution in [3.8, 4) is 0 Å². The fourth-order valence-corrected chi connectivity index (χ4v) is 2.30. The van der Waals surface area contributed by atoms with Crippen LogP contribution in [0.4, 0.5) is 0 Å². The van der Waals surface area contributed by atoms with Gasteiger partial charge in [0.1, 0.15) is 6.29 Å². The van der Waals surface area contributed by atoms with Crippen molar-refractivity contribution in [3.05, 3.63) is 60.7 Å². The van der Waals surface area contributed by atoms with Crippen LogP contribution in [0.15, 0.2) is 55.1 Å². The number of para-hydroxylation sites is 1. The SMILES string of the molecule is C=CC=O.Cn1c2ccccc2c2cc(C(=O)O)ccc21. The van der Waals surface area contributed by atoms with Gasteiger partial charge in [-0.05, 0) is 30.3 Å². The summed E-state index contributed by atoms with van der Waals surface area (Å²) in [6.45, 7) is 3.11. The molecule has 1 heterocycles. The number of aryl methyl sites for hydroxylation is 1. The highest BCUT2D eigenvalue weighted by molar-refractivity contribution is 6.09. The molecule has 1 aromatic heterocycles. The number of aromatic carboxylic acids is 1. The second-order valence-corrected chi connectivity index (χ2v) is 4.49. The van der Waals surface area contributed by atoms with Crippen LogP contribution in [0.5, 0.6) is 0 Å². The van der Waals surface area contributed by atoms with E-state index in [0.717, 1.165) is 21.8 Å². The Morgan fingerprint density at radius 2 is 1.76 bits per heavy atom. The van der Waals surface area contributed by atoms with Crippen molar-refractivity contribution in [2.45, 2.75) is 0 Å². The van der Waals surface area contributed by atoms with E-state index in [2.05, 4.69) is 11.1 Å². The summed E-state index contributed by atoms with van der Waals surface area (Å²) in [6.07, 6.45) is 1.83. The van der Waals surface area contributed by atoms with Crippen LogP contribution < -0.4 is 0 Å². The number of carboxylic acid groups (broad SMARTS) is 1. The quantitative estimate of drug-likeness (QED) is 0.578. The van der Waals surface area contributed by atoms with Gasteiger partial charge in [-0.3, -0.25) is 4.79 Å². The molecule has 3 aromatic rings. The smallest absolute Gasteiger partial charge is 0.335 e. The molecule has 0 saturated heterocycles. The van der Waals surface area contributed by atoms with E-state index in [9.17, 15) is 4.79 Å². The lowest BCUT2D eigenvalue weighted by Crippen LogP contribution is -1.95. The second kappa shape index (κ2) is 6.05. The fraction of sp³-hybridized carbons (Fsp3) is 0.0588. The van der Waals surface area contributed by atoms with E-state index < -0.39 is 5.97 Å². The van der Waals surface area contributed by atoms with Crippen molar-refractivity contribution in [2.75, 3.05) is 0 Å². The molecular formula is C17H15NO3. The largest absolute Gasteiger partial charge is 0.478 e. The second-order valence-electron chi connectivity index (χ2n) is 4.49. The van der Waals surface area contributed by atoms with E-state index in [1.54, 1.807) is 12.1 Å². The number of hydrogen-bond donors (Lipinski definition) is 1. The van der Waals surface area contributed by atoms with Crippen LogP contribution in [0.25, 0.3) is 21.8 Å². The lowest BCUT2D eigenvalue weighted by Gasteiger charge is -1.98. The molecule has 4 nitrogen and oxygen atoms in total. The normalized spacial score (nSPS) is 9.95. The van der Waals surface area contributed by atoms with Crippen molar-refractivity contribution < 1.29 is 14.7 Å². The molecule has 2 aromatic carbocycles.